The highest BCUT2D eigenvalue weighted by Crippen LogP contribution is 2.49. The number of nitrogens with two attached hydrogens (primary N) is 1. The van der Waals surface area contributed by atoms with Crippen LogP contribution in [0.4, 0.5) is 5.82 Å². The number of aromatic nitrogens is 2. The predicted molar refractivity (Wildman–Crippen MR) is 243 cm³/mol. The Hall–Kier alpha value is -4.68. The molecule has 0 spiro atoms. The summed E-state index contributed by atoms with van der Waals surface area (Å²) in [6.45, 7) is 2.58. The van der Waals surface area contributed by atoms with E-state index in [2.05, 4.69) is 40.4 Å². The first-order chi connectivity index (χ1) is 29.9. The smallest absolute Gasteiger partial charge is 0.309 e. The fourth-order valence-electron chi connectivity index (χ4n) is 10.6. The van der Waals surface area contributed by atoms with Gasteiger partial charge in [-0.25, -0.2) is 4.98 Å². The fraction of sp³-hybridized carbons (Fsp3) is 0.529. The number of pyridine rings is 1. The Labute approximate surface area is 367 Å². The second-order valence-electron chi connectivity index (χ2n) is 18.4. The lowest BCUT2D eigenvalue weighted by atomic mass is 9.73. The number of aromatic hydroxyl groups is 1. The number of aliphatic hydroxyl groups excluding tert-OH is 2. The molecule has 1 fully saturated rings. The zero-order chi connectivity index (χ0) is 44.2. The molecule has 0 amide bonds. The number of carboxylic acids is 1. The van der Waals surface area contributed by atoms with Crippen molar-refractivity contribution in [2.24, 2.45) is 35.5 Å². The van der Waals surface area contributed by atoms with Gasteiger partial charge in [0.05, 0.1) is 29.4 Å². The van der Waals surface area contributed by atoms with E-state index in [0.717, 1.165) is 54.5 Å². The number of nitrogens with one attached hydrogen (secondary N) is 2. The standard InChI is InChI=1S/C51H70N4O7/c1-3-4-7-12-33-17-18-37(46(58)23-33)15-10-6-11-16-44(50(60)61)47(59)28-40(32-53-2)51(62)31-35(21-34-19-20-54-48(52)24-34)22-39(51)27-41-29-45(36-13-8-5-9-14-36)49(55-41)38-25-42(56)30-43(57)26-38/h5,8-9,13-14,17-20,24-26,29-30,33,35,37,39-40,44,46-47,53,55-59,62H,3-4,6-7,10-12,15-16,21-23,27-28,31-32H2,1-2H3,(H2,52,54)(H,60,61)/p-1/t33-,35-,37-,39+,40+,44+,46-,47-,51+/m1/s1. The molecule has 11 nitrogen and oxygen atoms in total. The third kappa shape index (κ3) is 12.3. The number of aromatic amines is 1. The maximum Gasteiger partial charge on any atom is 0.309 e. The summed E-state index contributed by atoms with van der Waals surface area (Å²) in [5.41, 5.74) is 9.69. The van der Waals surface area contributed by atoms with Crippen molar-refractivity contribution in [2.75, 3.05) is 19.3 Å². The summed E-state index contributed by atoms with van der Waals surface area (Å²) < 4.78 is 0. The lowest BCUT2D eigenvalue weighted by Gasteiger charge is -2.40. The minimum atomic E-state index is -1.27. The minimum absolute atomic E-state index is 0.0696. The highest BCUT2D eigenvalue weighted by molar-refractivity contribution is 5.83. The van der Waals surface area contributed by atoms with Crippen molar-refractivity contribution in [3.63, 3.8) is 0 Å². The van der Waals surface area contributed by atoms with Crippen molar-refractivity contribution in [1.29, 1.82) is 0 Å². The molecule has 0 saturated heterocycles. The van der Waals surface area contributed by atoms with Gasteiger partial charge in [0.2, 0.25) is 0 Å². The third-order valence-electron chi connectivity index (χ3n) is 13.8. The van der Waals surface area contributed by atoms with Gasteiger partial charge in [-0.1, -0.05) is 94.0 Å². The Kier molecular flexibility index (Phi) is 16.7. The molecule has 11 heteroatoms. The van der Waals surface area contributed by atoms with Gasteiger partial charge in [0, 0.05) is 41.4 Å². The summed E-state index contributed by atoms with van der Waals surface area (Å²) in [5.74, 6) is -2.12. The number of phenolic OH excluding ortho intramolecular Hbond substituents is 1. The van der Waals surface area contributed by atoms with Crippen LogP contribution in [0, 0.1) is 35.5 Å². The van der Waals surface area contributed by atoms with Crippen molar-refractivity contribution < 1.29 is 35.4 Å². The van der Waals surface area contributed by atoms with Gasteiger partial charge in [-0.3, -0.25) is 4.79 Å². The topological polar surface area (TPSA) is 208 Å². The number of allylic oxidation sites excluding steroid dienone is 1. The third-order valence-corrected chi connectivity index (χ3v) is 13.8. The van der Waals surface area contributed by atoms with Gasteiger partial charge in [-0.05, 0) is 124 Å². The molecular weight excluding hydrogens is 781 g/mol. The molecule has 0 radical (unpaired) electrons. The number of aliphatic carboxylic acids is 1. The Morgan fingerprint density at radius 1 is 0.984 bits per heavy atom. The SMILES string of the molecule is CCCCC[C@@H]1C=C[C@@H](CCCCC[C@H](C(=O)O)[C@H](O)C[C@@H](CNC)[C@]2(O)C[C@H](Cc3ccnc(N)c3)C[C@H]2Cc2cc(-c3ccccc3)c(-c3cc([O-])cc(O)c3)[nH]2)[C@H](O)C1. The van der Waals surface area contributed by atoms with Gasteiger partial charge in [-0.15, -0.1) is 5.75 Å². The monoisotopic (exact) mass is 850 g/mol. The quantitative estimate of drug-likeness (QED) is 0.0266. The van der Waals surface area contributed by atoms with E-state index in [9.17, 15) is 35.4 Å². The van der Waals surface area contributed by atoms with Crippen LogP contribution in [0.1, 0.15) is 102 Å². The summed E-state index contributed by atoms with van der Waals surface area (Å²) >= 11 is 0. The summed E-state index contributed by atoms with van der Waals surface area (Å²) in [7, 11) is 1.81. The highest BCUT2D eigenvalue weighted by Gasteiger charge is 2.51. The molecule has 2 aliphatic rings. The van der Waals surface area contributed by atoms with Crippen LogP contribution >= 0.6 is 0 Å². The van der Waals surface area contributed by atoms with Crippen molar-refractivity contribution in [3.8, 4) is 33.9 Å². The van der Waals surface area contributed by atoms with Crippen LogP contribution in [0.15, 0.2) is 85.1 Å². The van der Waals surface area contributed by atoms with Crippen LogP contribution in [0.2, 0.25) is 0 Å². The molecule has 2 aromatic carbocycles. The molecule has 9 N–H and O–H groups in total. The summed E-state index contributed by atoms with van der Waals surface area (Å²) in [5, 5.41) is 72.2. The number of aliphatic hydroxyl groups is 3. The molecule has 9 atom stereocenters. The number of phenols is 1. The van der Waals surface area contributed by atoms with Gasteiger partial charge < -0.3 is 46.7 Å². The Balaban J connectivity index is 1.18. The van der Waals surface area contributed by atoms with Crippen LogP contribution in [0.3, 0.4) is 0 Å². The molecular formula is C51H69N4O7-. The van der Waals surface area contributed by atoms with E-state index < -0.39 is 29.5 Å². The van der Waals surface area contributed by atoms with E-state index in [1.54, 1.807) is 12.3 Å². The average Bonchev–Trinajstić information content (AvgIpc) is 3.80. The molecule has 2 aliphatic carbocycles. The molecule has 4 aromatic rings. The van der Waals surface area contributed by atoms with Crippen LogP contribution in [-0.4, -0.2) is 72.9 Å². The number of hydrogen-bond acceptors (Lipinski definition) is 9. The maximum atomic E-state index is 13.1. The molecule has 0 unspecified atom stereocenters. The highest BCUT2D eigenvalue weighted by atomic mass is 16.4. The molecule has 336 valence electrons. The largest absolute Gasteiger partial charge is 0.872 e. The number of hydrogen-bond donors (Lipinski definition) is 8. The lowest BCUT2D eigenvalue weighted by molar-refractivity contribution is -0.268. The number of nitrogen functional groups attached to an aromatic ring is 1. The predicted octanol–water partition coefficient (Wildman–Crippen LogP) is 8.02. The van der Waals surface area contributed by atoms with E-state index >= 15 is 0 Å². The van der Waals surface area contributed by atoms with Gasteiger partial charge in [0.25, 0.3) is 0 Å². The van der Waals surface area contributed by atoms with Crippen LogP contribution < -0.4 is 16.2 Å². The number of H-pyrrole nitrogens is 1. The van der Waals surface area contributed by atoms with E-state index in [1.165, 1.54) is 31.4 Å². The molecule has 1 saturated carbocycles. The van der Waals surface area contributed by atoms with Crippen molar-refractivity contribution in [1.82, 2.24) is 15.3 Å². The molecule has 2 aromatic heterocycles. The number of nitrogens with zero attached hydrogens (tertiary/aromatic N) is 1. The number of benzene rings is 2. The van der Waals surface area contributed by atoms with Gasteiger partial charge in [0.1, 0.15) is 11.6 Å². The lowest BCUT2D eigenvalue weighted by Crippen LogP contribution is -2.48. The average molecular weight is 850 g/mol. The zero-order valence-corrected chi connectivity index (χ0v) is 36.6. The zero-order valence-electron chi connectivity index (χ0n) is 36.6. The Morgan fingerprint density at radius 3 is 2.48 bits per heavy atom. The van der Waals surface area contributed by atoms with E-state index in [1.807, 2.05) is 49.5 Å². The van der Waals surface area contributed by atoms with E-state index in [4.69, 9.17) is 5.73 Å². The molecule has 6 rings (SSSR count). The van der Waals surface area contributed by atoms with Crippen LogP contribution in [-0.2, 0) is 17.6 Å². The summed E-state index contributed by atoms with van der Waals surface area (Å²) in [6, 6.07) is 19.9. The first-order valence-corrected chi connectivity index (χ1v) is 23.0. The number of unbranched alkanes of at least 4 members (excludes halogenated alkanes) is 4. The Bertz CT molecular complexity index is 2030. The second kappa shape index (κ2) is 22.1. The van der Waals surface area contributed by atoms with Crippen molar-refractivity contribution in [3.05, 3.63) is 96.3 Å². The van der Waals surface area contributed by atoms with Crippen molar-refractivity contribution in [2.45, 2.75) is 121 Å². The molecule has 2 heterocycles. The minimum Gasteiger partial charge on any atom is -0.872 e. The maximum absolute atomic E-state index is 13.1. The van der Waals surface area contributed by atoms with E-state index in [0.29, 0.717) is 68.1 Å². The van der Waals surface area contributed by atoms with E-state index in [-0.39, 0.29) is 41.8 Å². The first kappa shape index (κ1) is 46.8. The van der Waals surface area contributed by atoms with Crippen LogP contribution in [0.25, 0.3) is 22.4 Å². The molecule has 62 heavy (non-hydrogen) atoms. The fourth-order valence-corrected chi connectivity index (χ4v) is 10.6. The summed E-state index contributed by atoms with van der Waals surface area (Å²) in [4.78, 5) is 20.4. The molecule has 0 aliphatic heterocycles. The first-order valence-electron chi connectivity index (χ1n) is 23.0. The summed E-state index contributed by atoms with van der Waals surface area (Å²) in [6.07, 6.45) is 16.0. The van der Waals surface area contributed by atoms with Gasteiger partial charge >= 0.3 is 5.97 Å². The number of carbonyl (C=O) groups is 1. The van der Waals surface area contributed by atoms with Crippen LogP contribution in [0.5, 0.6) is 11.5 Å². The van der Waals surface area contributed by atoms with Crippen molar-refractivity contribution >= 4 is 11.8 Å². The van der Waals surface area contributed by atoms with Gasteiger partial charge in [-0.2, -0.15) is 0 Å². The second-order valence-corrected chi connectivity index (χ2v) is 18.4. The van der Waals surface area contributed by atoms with Gasteiger partial charge in [0.15, 0.2) is 0 Å². The number of carboxylic acid groups (broad SMARTS) is 1. The number of rotatable bonds is 23. The Morgan fingerprint density at radius 2 is 1.77 bits per heavy atom. The molecule has 0 bridgehead atoms. The normalized spacial score (nSPS) is 23.9. The number of anilines is 1.